The Kier molecular flexibility index (Phi) is 4.56. The van der Waals surface area contributed by atoms with Gasteiger partial charge in [-0.1, -0.05) is 37.3 Å². The number of hydrogen-bond donors (Lipinski definition) is 0. The topological polar surface area (TPSA) is 48.7 Å². The molecule has 1 aromatic heterocycles. The van der Waals surface area contributed by atoms with Crippen LogP contribution < -0.4 is 10.4 Å². The number of hydrogen-bond acceptors (Lipinski definition) is 4. The Labute approximate surface area is 147 Å². The van der Waals surface area contributed by atoms with Gasteiger partial charge in [-0.15, -0.1) is 0 Å². The van der Waals surface area contributed by atoms with E-state index in [1.165, 1.54) is 0 Å². The highest BCUT2D eigenvalue weighted by Gasteiger charge is 2.29. The van der Waals surface area contributed by atoms with Crippen molar-refractivity contribution in [1.29, 1.82) is 0 Å². The molecule has 0 amide bonds. The second-order valence-corrected chi connectivity index (χ2v) is 7.00. The highest BCUT2D eigenvalue weighted by atomic mass is 16.5. The van der Waals surface area contributed by atoms with Crippen LogP contribution in [0.3, 0.4) is 0 Å². The van der Waals surface area contributed by atoms with Crippen molar-refractivity contribution in [3.05, 3.63) is 63.5 Å². The molecule has 1 aliphatic heterocycles. The van der Waals surface area contributed by atoms with Crippen LogP contribution in [0.2, 0.25) is 0 Å². The van der Waals surface area contributed by atoms with Crippen LogP contribution in [0, 0.1) is 6.92 Å². The van der Waals surface area contributed by atoms with Crippen molar-refractivity contribution in [1.82, 2.24) is 0 Å². The van der Waals surface area contributed by atoms with Gasteiger partial charge >= 0.3 is 5.63 Å². The highest BCUT2D eigenvalue weighted by Crippen LogP contribution is 2.40. The highest BCUT2D eigenvalue weighted by molar-refractivity contribution is 5.88. The molecular weight excluding hydrogens is 316 g/mol. The zero-order valence-electron chi connectivity index (χ0n) is 15.4. The third-order valence-corrected chi connectivity index (χ3v) is 4.84. The van der Waals surface area contributed by atoms with Crippen LogP contribution in [0.1, 0.15) is 37.8 Å². The normalized spacial score (nSPS) is 19.4. The smallest absolute Gasteiger partial charge is 0.343 e. The van der Waals surface area contributed by atoms with Crippen molar-refractivity contribution in [3.63, 3.8) is 0 Å². The first-order valence-corrected chi connectivity index (χ1v) is 8.46. The molecule has 0 aliphatic carbocycles. The number of aryl methyl sites for hydroxylation is 1. The summed E-state index contributed by atoms with van der Waals surface area (Å²) in [4.78, 5) is 12.5. The van der Waals surface area contributed by atoms with E-state index in [4.69, 9.17) is 13.9 Å². The predicted octanol–water partition coefficient (Wildman–Crippen LogP) is 4.50. The SMILES string of the molecule is COC(C)(C)C=CC=C1COc2c(c(=O)oc3cccc(C)c23)[C@@H]1C. The monoisotopic (exact) mass is 340 g/mol. The molecule has 132 valence electrons. The Morgan fingerprint density at radius 1 is 1.32 bits per heavy atom. The molecule has 4 heteroatoms. The number of benzene rings is 1. The molecule has 0 N–H and O–H groups in total. The fourth-order valence-corrected chi connectivity index (χ4v) is 3.05. The Bertz CT molecular complexity index is 915. The van der Waals surface area contributed by atoms with Gasteiger partial charge in [-0.25, -0.2) is 4.79 Å². The second kappa shape index (κ2) is 6.52. The summed E-state index contributed by atoms with van der Waals surface area (Å²) < 4.78 is 16.9. The third-order valence-electron chi connectivity index (χ3n) is 4.84. The van der Waals surface area contributed by atoms with Gasteiger partial charge in [-0.2, -0.15) is 0 Å². The first kappa shape index (κ1) is 17.5. The van der Waals surface area contributed by atoms with Crippen molar-refractivity contribution in [3.8, 4) is 5.75 Å². The van der Waals surface area contributed by atoms with Gasteiger partial charge in [-0.05, 0) is 38.0 Å². The maximum atomic E-state index is 12.5. The lowest BCUT2D eigenvalue weighted by Crippen LogP contribution is -2.23. The summed E-state index contributed by atoms with van der Waals surface area (Å²) in [7, 11) is 1.68. The van der Waals surface area contributed by atoms with Gasteiger partial charge in [-0.3, -0.25) is 0 Å². The van der Waals surface area contributed by atoms with E-state index in [1.807, 2.05) is 58.1 Å². The van der Waals surface area contributed by atoms with Crippen LogP contribution in [-0.4, -0.2) is 19.3 Å². The molecule has 1 atom stereocenters. The molecule has 2 aromatic rings. The van der Waals surface area contributed by atoms with Crippen LogP contribution in [0.25, 0.3) is 11.0 Å². The molecule has 0 saturated heterocycles. The number of rotatable bonds is 3. The summed E-state index contributed by atoms with van der Waals surface area (Å²) in [5, 5.41) is 0.888. The maximum absolute atomic E-state index is 12.5. The van der Waals surface area contributed by atoms with Crippen molar-refractivity contribution in [2.24, 2.45) is 0 Å². The molecule has 0 unspecified atom stereocenters. The predicted molar refractivity (Wildman–Crippen MR) is 99.4 cm³/mol. The van der Waals surface area contributed by atoms with Gasteiger partial charge < -0.3 is 13.9 Å². The van der Waals surface area contributed by atoms with E-state index in [-0.39, 0.29) is 17.1 Å². The Morgan fingerprint density at radius 3 is 2.80 bits per heavy atom. The second-order valence-electron chi connectivity index (χ2n) is 7.00. The van der Waals surface area contributed by atoms with E-state index < -0.39 is 0 Å². The van der Waals surface area contributed by atoms with Crippen LogP contribution in [0.5, 0.6) is 5.75 Å². The number of methoxy groups -OCH3 is 1. The quantitative estimate of drug-likeness (QED) is 0.772. The summed E-state index contributed by atoms with van der Waals surface area (Å²) in [6.07, 6.45) is 5.93. The Morgan fingerprint density at radius 2 is 2.08 bits per heavy atom. The average molecular weight is 340 g/mol. The van der Waals surface area contributed by atoms with E-state index in [1.54, 1.807) is 13.2 Å². The fraction of sp³-hybridized carbons (Fsp3) is 0.381. The molecule has 1 aromatic carbocycles. The summed E-state index contributed by atoms with van der Waals surface area (Å²) in [6, 6.07) is 5.68. The minimum Gasteiger partial charge on any atom is -0.488 e. The molecule has 1 aliphatic rings. The molecule has 0 saturated carbocycles. The van der Waals surface area contributed by atoms with E-state index in [0.717, 1.165) is 16.5 Å². The Hall–Kier alpha value is -2.33. The third kappa shape index (κ3) is 3.27. The van der Waals surface area contributed by atoms with E-state index in [2.05, 4.69) is 0 Å². The lowest BCUT2D eigenvalue weighted by atomic mass is 9.89. The van der Waals surface area contributed by atoms with Crippen LogP contribution in [-0.2, 0) is 4.74 Å². The van der Waals surface area contributed by atoms with E-state index in [9.17, 15) is 4.79 Å². The molecule has 25 heavy (non-hydrogen) atoms. The summed E-state index contributed by atoms with van der Waals surface area (Å²) in [6.45, 7) is 8.45. The van der Waals surface area contributed by atoms with Gasteiger partial charge in [0, 0.05) is 13.0 Å². The number of allylic oxidation sites excluding steroid dienone is 2. The first-order valence-electron chi connectivity index (χ1n) is 8.46. The van der Waals surface area contributed by atoms with E-state index in [0.29, 0.717) is 23.5 Å². The zero-order chi connectivity index (χ0) is 18.2. The zero-order valence-corrected chi connectivity index (χ0v) is 15.4. The summed E-state index contributed by atoms with van der Waals surface area (Å²) >= 11 is 0. The van der Waals surface area contributed by atoms with Crippen LogP contribution in [0.15, 0.2) is 51.2 Å². The van der Waals surface area contributed by atoms with Gasteiger partial charge in [0.1, 0.15) is 17.9 Å². The van der Waals surface area contributed by atoms with Crippen LogP contribution in [0.4, 0.5) is 0 Å². The summed E-state index contributed by atoms with van der Waals surface area (Å²) in [5.41, 5.74) is 2.59. The molecule has 0 fully saturated rings. The minimum atomic E-state index is -0.333. The molecule has 4 nitrogen and oxygen atoms in total. The van der Waals surface area contributed by atoms with Crippen molar-refractivity contribution in [2.45, 2.75) is 39.2 Å². The summed E-state index contributed by atoms with van der Waals surface area (Å²) in [5.74, 6) is 0.606. The molecule has 0 spiro atoms. The average Bonchev–Trinajstić information content (AvgIpc) is 2.56. The molecule has 2 heterocycles. The van der Waals surface area contributed by atoms with Gasteiger partial charge in [0.05, 0.1) is 16.6 Å². The molecule has 0 radical (unpaired) electrons. The Balaban J connectivity index is 2.05. The van der Waals surface area contributed by atoms with Crippen molar-refractivity contribution >= 4 is 11.0 Å². The van der Waals surface area contributed by atoms with Gasteiger partial charge in [0.15, 0.2) is 0 Å². The molecule has 3 rings (SSSR count). The largest absolute Gasteiger partial charge is 0.488 e. The molecular formula is C21H24O4. The maximum Gasteiger partial charge on any atom is 0.343 e. The van der Waals surface area contributed by atoms with Crippen LogP contribution >= 0.6 is 0 Å². The van der Waals surface area contributed by atoms with E-state index >= 15 is 0 Å². The number of ether oxygens (including phenoxy) is 2. The standard InChI is InChI=1S/C21H24O4/c1-13-8-6-10-16-17(13)19-18(20(22)25-16)14(2)15(12-24-19)9-7-11-21(3,4)23-5/h6-11,14H,12H2,1-5H3/t14-/m1/s1. The van der Waals surface area contributed by atoms with Gasteiger partial charge in [0.2, 0.25) is 0 Å². The lowest BCUT2D eigenvalue weighted by Gasteiger charge is -2.26. The lowest BCUT2D eigenvalue weighted by molar-refractivity contribution is 0.0656. The fourth-order valence-electron chi connectivity index (χ4n) is 3.05. The first-order chi connectivity index (χ1) is 11.8. The van der Waals surface area contributed by atoms with Crippen molar-refractivity contribution in [2.75, 3.05) is 13.7 Å². The minimum absolute atomic E-state index is 0.0562. The van der Waals surface area contributed by atoms with Gasteiger partial charge in [0.25, 0.3) is 0 Å². The molecule has 0 bridgehead atoms. The number of fused-ring (bicyclic) bond motifs is 3. The van der Waals surface area contributed by atoms with Crippen molar-refractivity contribution < 1.29 is 13.9 Å².